The number of hydrogen-bond acceptors (Lipinski definition) is 4. The number of hydrogen-bond donors (Lipinski definition) is 2. The third-order valence-electron chi connectivity index (χ3n) is 4.27. The first kappa shape index (κ1) is 15.0. The van der Waals surface area contributed by atoms with E-state index in [0.717, 1.165) is 28.6 Å². The molecule has 0 saturated heterocycles. The van der Waals surface area contributed by atoms with Crippen LogP contribution in [0.1, 0.15) is 31.2 Å². The molecule has 116 valence electrons. The summed E-state index contributed by atoms with van der Waals surface area (Å²) in [5.41, 5.74) is 1.96. The third kappa shape index (κ3) is 2.83. The van der Waals surface area contributed by atoms with Crippen LogP contribution in [0.25, 0.3) is 10.2 Å². The molecule has 0 radical (unpaired) electrons. The van der Waals surface area contributed by atoms with E-state index < -0.39 is 17.8 Å². The quantitative estimate of drug-likeness (QED) is 0.908. The minimum atomic E-state index is -0.875. The minimum absolute atomic E-state index is 0.219. The summed E-state index contributed by atoms with van der Waals surface area (Å²) in [5, 5.41) is 12.6. The van der Waals surface area contributed by atoms with Crippen molar-refractivity contribution in [2.45, 2.75) is 32.6 Å². The Morgan fingerprint density at radius 2 is 2.00 bits per heavy atom. The van der Waals surface area contributed by atoms with Gasteiger partial charge in [0.15, 0.2) is 5.13 Å². The topological polar surface area (TPSA) is 79.3 Å². The van der Waals surface area contributed by atoms with Crippen LogP contribution in [0.3, 0.4) is 0 Å². The van der Waals surface area contributed by atoms with Crippen LogP contribution in [0.15, 0.2) is 18.2 Å². The standard InChI is InChI=1S/C16H18N2O3S/c1-9-5-4-8-12-13(9)17-16(22-12)18-14(19)10-6-2-3-7-11(10)15(20)21/h4-5,8,10-11H,2-3,6-7H2,1H3,(H,20,21)(H,17,18,19). The number of amides is 1. The van der Waals surface area contributed by atoms with Crippen molar-refractivity contribution in [3.63, 3.8) is 0 Å². The first-order chi connectivity index (χ1) is 10.6. The van der Waals surface area contributed by atoms with Crippen molar-refractivity contribution in [1.29, 1.82) is 0 Å². The molecular formula is C16H18N2O3S. The summed E-state index contributed by atoms with van der Waals surface area (Å²) >= 11 is 1.42. The van der Waals surface area contributed by atoms with Gasteiger partial charge in [-0.25, -0.2) is 4.98 Å². The summed E-state index contributed by atoms with van der Waals surface area (Å²) in [6, 6.07) is 5.91. The number of aryl methyl sites for hydroxylation is 1. The highest BCUT2D eigenvalue weighted by molar-refractivity contribution is 7.22. The van der Waals surface area contributed by atoms with E-state index in [1.165, 1.54) is 11.3 Å². The number of aliphatic carboxylic acids is 1. The molecule has 0 spiro atoms. The zero-order chi connectivity index (χ0) is 15.7. The molecule has 6 heteroatoms. The van der Waals surface area contributed by atoms with Crippen LogP contribution in [-0.2, 0) is 9.59 Å². The fraction of sp³-hybridized carbons (Fsp3) is 0.438. The van der Waals surface area contributed by atoms with E-state index in [0.29, 0.717) is 18.0 Å². The zero-order valence-electron chi connectivity index (χ0n) is 12.3. The Balaban J connectivity index is 1.80. The van der Waals surface area contributed by atoms with Gasteiger partial charge in [0.2, 0.25) is 5.91 Å². The maximum Gasteiger partial charge on any atom is 0.307 e. The largest absolute Gasteiger partial charge is 0.481 e. The summed E-state index contributed by atoms with van der Waals surface area (Å²) < 4.78 is 1.02. The van der Waals surface area contributed by atoms with Crippen LogP contribution < -0.4 is 5.32 Å². The number of benzene rings is 1. The lowest BCUT2D eigenvalue weighted by atomic mass is 9.79. The molecular weight excluding hydrogens is 300 g/mol. The highest BCUT2D eigenvalue weighted by atomic mass is 32.1. The monoisotopic (exact) mass is 318 g/mol. The Kier molecular flexibility index (Phi) is 4.11. The maximum atomic E-state index is 12.4. The van der Waals surface area contributed by atoms with Crippen molar-refractivity contribution in [1.82, 2.24) is 4.98 Å². The number of nitrogens with zero attached hydrogens (tertiary/aromatic N) is 1. The van der Waals surface area contributed by atoms with E-state index in [9.17, 15) is 14.7 Å². The van der Waals surface area contributed by atoms with Gasteiger partial charge in [-0.05, 0) is 31.4 Å². The number of nitrogens with one attached hydrogen (secondary N) is 1. The average molecular weight is 318 g/mol. The first-order valence-corrected chi connectivity index (χ1v) is 8.28. The third-order valence-corrected chi connectivity index (χ3v) is 5.21. The van der Waals surface area contributed by atoms with Gasteiger partial charge in [-0.1, -0.05) is 36.3 Å². The van der Waals surface area contributed by atoms with E-state index in [4.69, 9.17) is 0 Å². The Morgan fingerprint density at radius 1 is 1.27 bits per heavy atom. The normalized spacial score (nSPS) is 21.7. The number of carboxylic acids is 1. The maximum absolute atomic E-state index is 12.4. The predicted octanol–water partition coefficient (Wildman–Crippen LogP) is 3.43. The van der Waals surface area contributed by atoms with Crippen LogP contribution in [0.2, 0.25) is 0 Å². The fourth-order valence-corrected chi connectivity index (χ4v) is 4.02. The molecule has 2 N–H and O–H groups in total. The van der Waals surface area contributed by atoms with E-state index in [1.54, 1.807) is 0 Å². The van der Waals surface area contributed by atoms with Crippen molar-refractivity contribution in [3.8, 4) is 0 Å². The summed E-state index contributed by atoms with van der Waals surface area (Å²) in [7, 11) is 0. The number of para-hydroxylation sites is 1. The van der Waals surface area contributed by atoms with Crippen molar-refractivity contribution in [3.05, 3.63) is 23.8 Å². The highest BCUT2D eigenvalue weighted by Gasteiger charge is 2.36. The van der Waals surface area contributed by atoms with E-state index in [-0.39, 0.29) is 5.91 Å². The van der Waals surface area contributed by atoms with Crippen LogP contribution in [0, 0.1) is 18.8 Å². The molecule has 1 saturated carbocycles. The molecule has 3 rings (SSSR count). The minimum Gasteiger partial charge on any atom is -0.481 e. The molecule has 1 aromatic carbocycles. The molecule has 0 aliphatic heterocycles. The van der Waals surface area contributed by atoms with Crippen LogP contribution in [0.4, 0.5) is 5.13 Å². The van der Waals surface area contributed by atoms with Crippen molar-refractivity contribution < 1.29 is 14.7 Å². The number of thiazole rings is 1. The van der Waals surface area contributed by atoms with Gasteiger partial charge in [-0.15, -0.1) is 0 Å². The second kappa shape index (κ2) is 6.04. The average Bonchev–Trinajstić information content (AvgIpc) is 2.91. The van der Waals surface area contributed by atoms with Gasteiger partial charge in [-0.3, -0.25) is 9.59 Å². The zero-order valence-corrected chi connectivity index (χ0v) is 13.2. The molecule has 1 aliphatic carbocycles. The number of anilines is 1. The molecule has 1 aliphatic rings. The fourth-order valence-electron chi connectivity index (χ4n) is 3.08. The van der Waals surface area contributed by atoms with E-state index >= 15 is 0 Å². The molecule has 2 aromatic rings. The van der Waals surface area contributed by atoms with Gasteiger partial charge in [0.25, 0.3) is 0 Å². The highest BCUT2D eigenvalue weighted by Crippen LogP contribution is 2.33. The molecule has 1 fully saturated rings. The number of rotatable bonds is 3. The van der Waals surface area contributed by atoms with Crippen LogP contribution in [-0.4, -0.2) is 22.0 Å². The van der Waals surface area contributed by atoms with E-state index in [2.05, 4.69) is 10.3 Å². The van der Waals surface area contributed by atoms with Gasteiger partial charge in [0.05, 0.1) is 22.1 Å². The molecule has 1 heterocycles. The molecule has 22 heavy (non-hydrogen) atoms. The molecule has 0 bridgehead atoms. The van der Waals surface area contributed by atoms with Crippen molar-refractivity contribution in [2.24, 2.45) is 11.8 Å². The predicted molar refractivity (Wildman–Crippen MR) is 86.1 cm³/mol. The summed E-state index contributed by atoms with van der Waals surface area (Å²) in [4.78, 5) is 28.2. The smallest absolute Gasteiger partial charge is 0.307 e. The number of aromatic nitrogens is 1. The lowest BCUT2D eigenvalue weighted by Gasteiger charge is -2.26. The van der Waals surface area contributed by atoms with E-state index in [1.807, 2.05) is 25.1 Å². The van der Waals surface area contributed by atoms with Gasteiger partial charge < -0.3 is 10.4 Å². The molecule has 1 amide bonds. The van der Waals surface area contributed by atoms with Crippen LogP contribution in [0.5, 0.6) is 0 Å². The Morgan fingerprint density at radius 3 is 2.68 bits per heavy atom. The van der Waals surface area contributed by atoms with Crippen molar-refractivity contribution >= 4 is 38.6 Å². The number of fused-ring (bicyclic) bond motifs is 1. The second-order valence-corrected chi connectivity index (χ2v) is 6.80. The van der Waals surface area contributed by atoms with Crippen LogP contribution >= 0.6 is 11.3 Å². The van der Waals surface area contributed by atoms with Crippen molar-refractivity contribution in [2.75, 3.05) is 5.32 Å². The number of carbonyl (C=O) groups excluding carboxylic acids is 1. The van der Waals surface area contributed by atoms with Gasteiger partial charge in [0, 0.05) is 0 Å². The summed E-state index contributed by atoms with van der Waals surface area (Å²) in [5.74, 6) is -2.13. The molecule has 1 aromatic heterocycles. The Labute approximate surface area is 132 Å². The summed E-state index contributed by atoms with van der Waals surface area (Å²) in [6.45, 7) is 1.98. The Bertz CT molecular complexity index is 725. The SMILES string of the molecule is Cc1cccc2sc(NC(=O)C3CCCCC3C(=O)O)nc12. The number of carboxylic acid groups (broad SMARTS) is 1. The lowest BCUT2D eigenvalue weighted by Crippen LogP contribution is -2.36. The number of carbonyl (C=O) groups is 2. The molecule has 2 atom stereocenters. The first-order valence-electron chi connectivity index (χ1n) is 7.46. The molecule has 5 nitrogen and oxygen atoms in total. The van der Waals surface area contributed by atoms with Gasteiger partial charge >= 0.3 is 5.97 Å². The molecule has 2 unspecified atom stereocenters. The lowest BCUT2D eigenvalue weighted by molar-refractivity contribution is -0.147. The second-order valence-electron chi connectivity index (χ2n) is 5.77. The van der Waals surface area contributed by atoms with Gasteiger partial charge in [-0.2, -0.15) is 0 Å². The van der Waals surface area contributed by atoms with Gasteiger partial charge in [0.1, 0.15) is 0 Å². The summed E-state index contributed by atoms with van der Waals surface area (Å²) in [6.07, 6.45) is 2.99. The Hall–Kier alpha value is -1.95.